The third-order valence-electron chi connectivity index (χ3n) is 3.15. The fourth-order valence-electron chi connectivity index (χ4n) is 2.17. The van der Waals surface area contributed by atoms with Crippen molar-refractivity contribution in [2.75, 3.05) is 12.3 Å². The highest BCUT2D eigenvalue weighted by Crippen LogP contribution is 2.19. The van der Waals surface area contributed by atoms with Crippen LogP contribution in [0.3, 0.4) is 0 Å². The monoisotopic (exact) mass is 255 g/mol. The second-order valence-electron chi connectivity index (χ2n) is 4.97. The molecule has 0 aromatic heterocycles. The predicted octanol–water partition coefficient (Wildman–Crippen LogP) is 3.90. The van der Waals surface area contributed by atoms with E-state index in [1.807, 2.05) is 24.3 Å². The molecular weight excluding hydrogens is 234 g/mol. The molecule has 0 atom stereocenters. The zero-order valence-electron chi connectivity index (χ0n) is 11.6. The van der Waals surface area contributed by atoms with Gasteiger partial charge < -0.3 is 10.5 Å². The van der Waals surface area contributed by atoms with Gasteiger partial charge in [-0.05, 0) is 56.0 Å². The van der Waals surface area contributed by atoms with E-state index in [1.54, 1.807) is 0 Å². The minimum atomic E-state index is 0.735. The summed E-state index contributed by atoms with van der Waals surface area (Å²) in [6.45, 7) is 4.91. The van der Waals surface area contributed by atoms with Gasteiger partial charge in [0.1, 0.15) is 5.75 Å². The molecule has 0 saturated heterocycles. The lowest BCUT2D eigenvalue weighted by Crippen LogP contribution is -2.01. The molecule has 2 rings (SSSR count). The first kappa shape index (κ1) is 13.5. The topological polar surface area (TPSA) is 35.2 Å². The summed E-state index contributed by atoms with van der Waals surface area (Å²) in [5, 5.41) is 0. The van der Waals surface area contributed by atoms with Gasteiger partial charge in [0.15, 0.2) is 0 Å². The Labute approximate surface area is 115 Å². The summed E-state index contributed by atoms with van der Waals surface area (Å²) in [5.74, 6) is 0.984. The highest BCUT2D eigenvalue weighted by Gasteiger charge is 2.00. The number of hydrogen-bond donors (Lipinski definition) is 1. The molecule has 0 amide bonds. The van der Waals surface area contributed by atoms with Crippen molar-refractivity contribution in [3.05, 3.63) is 59.2 Å². The van der Waals surface area contributed by atoms with Crippen molar-refractivity contribution in [2.45, 2.75) is 26.7 Å². The largest absolute Gasteiger partial charge is 0.493 e. The van der Waals surface area contributed by atoms with Gasteiger partial charge in [-0.2, -0.15) is 0 Å². The van der Waals surface area contributed by atoms with E-state index in [4.69, 9.17) is 10.5 Å². The minimum Gasteiger partial charge on any atom is -0.493 e. The Morgan fingerprint density at radius 1 is 1.05 bits per heavy atom. The van der Waals surface area contributed by atoms with Crippen molar-refractivity contribution in [1.82, 2.24) is 0 Å². The number of aryl methyl sites for hydroxylation is 3. The van der Waals surface area contributed by atoms with Crippen molar-refractivity contribution >= 4 is 5.69 Å². The Morgan fingerprint density at radius 3 is 2.63 bits per heavy atom. The average molecular weight is 255 g/mol. The molecule has 0 radical (unpaired) electrons. The maximum atomic E-state index is 5.81. The molecule has 2 nitrogen and oxygen atoms in total. The molecule has 0 unspecified atom stereocenters. The van der Waals surface area contributed by atoms with Crippen LogP contribution in [-0.2, 0) is 6.42 Å². The van der Waals surface area contributed by atoms with E-state index >= 15 is 0 Å². The first-order valence-corrected chi connectivity index (χ1v) is 6.69. The number of rotatable bonds is 5. The third kappa shape index (κ3) is 4.02. The van der Waals surface area contributed by atoms with Crippen LogP contribution in [0.5, 0.6) is 5.75 Å². The van der Waals surface area contributed by atoms with E-state index in [9.17, 15) is 0 Å². The van der Waals surface area contributed by atoms with Crippen LogP contribution in [0.4, 0.5) is 5.69 Å². The van der Waals surface area contributed by atoms with E-state index in [2.05, 4.69) is 32.0 Å². The van der Waals surface area contributed by atoms with Crippen molar-refractivity contribution in [3.63, 3.8) is 0 Å². The van der Waals surface area contributed by atoms with Crippen molar-refractivity contribution in [2.24, 2.45) is 0 Å². The number of hydrogen-bond acceptors (Lipinski definition) is 2. The molecule has 19 heavy (non-hydrogen) atoms. The summed E-state index contributed by atoms with van der Waals surface area (Å²) in [6, 6.07) is 14.3. The van der Waals surface area contributed by atoms with Crippen molar-refractivity contribution < 1.29 is 4.74 Å². The number of nitrogen functional groups attached to an aromatic ring is 1. The zero-order valence-corrected chi connectivity index (χ0v) is 11.6. The third-order valence-corrected chi connectivity index (χ3v) is 3.15. The predicted molar refractivity (Wildman–Crippen MR) is 80.6 cm³/mol. The molecule has 100 valence electrons. The Bertz CT molecular complexity index is 549. The summed E-state index contributed by atoms with van der Waals surface area (Å²) >= 11 is 0. The first-order valence-electron chi connectivity index (χ1n) is 6.69. The first-order chi connectivity index (χ1) is 9.15. The standard InChI is InChI=1S/C17H21NO/c1-13-8-9-17(14(2)11-13)19-10-4-6-15-5-3-7-16(18)12-15/h3,5,7-9,11-12H,4,6,10,18H2,1-2H3. The van der Waals surface area contributed by atoms with Gasteiger partial charge in [0.25, 0.3) is 0 Å². The molecule has 0 aliphatic carbocycles. The van der Waals surface area contributed by atoms with Crippen LogP contribution in [-0.4, -0.2) is 6.61 Å². The smallest absolute Gasteiger partial charge is 0.122 e. The molecule has 0 bridgehead atoms. The van der Waals surface area contributed by atoms with Crippen LogP contribution in [0.15, 0.2) is 42.5 Å². The van der Waals surface area contributed by atoms with Crippen molar-refractivity contribution in [1.29, 1.82) is 0 Å². The van der Waals surface area contributed by atoms with Crippen LogP contribution in [0.2, 0.25) is 0 Å². The molecular formula is C17H21NO. The van der Waals surface area contributed by atoms with Crippen LogP contribution in [0.1, 0.15) is 23.1 Å². The fourth-order valence-corrected chi connectivity index (χ4v) is 2.17. The van der Waals surface area contributed by atoms with Crippen LogP contribution in [0.25, 0.3) is 0 Å². The molecule has 0 saturated carbocycles. The zero-order chi connectivity index (χ0) is 13.7. The Morgan fingerprint density at radius 2 is 1.89 bits per heavy atom. The van der Waals surface area contributed by atoms with Gasteiger partial charge in [-0.25, -0.2) is 0 Å². The van der Waals surface area contributed by atoms with Crippen molar-refractivity contribution in [3.8, 4) is 5.75 Å². The fraction of sp³-hybridized carbons (Fsp3) is 0.294. The van der Waals surface area contributed by atoms with Gasteiger partial charge in [-0.1, -0.05) is 29.8 Å². The number of anilines is 1. The maximum absolute atomic E-state index is 5.81. The van der Waals surface area contributed by atoms with Gasteiger partial charge in [0.2, 0.25) is 0 Å². The van der Waals surface area contributed by atoms with E-state index < -0.39 is 0 Å². The SMILES string of the molecule is Cc1ccc(OCCCc2cccc(N)c2)c(C)c1. The molecule has 0 spiro atoms. The van der Waals surface area contributed by atoms with E-state index in [-0.39, 0.29) is 0 Å². The van der Waals surface area contributed by atoms with Gasteiger partial charge in [0.05, 0.1) is 6.61 Å². The summed E-state index contributed by atoms with van der Waals surface area (Å²) in [6.07, 6.45) is 1.99. The molecule has 2 aromatic rings. The highest BCUT2D eigenvalue weighted by molar-refractivity contribution is 5.40. The summed E-state index contributed by atoms with van der Waals surface area (Å²) in [7, 11) is 0. The summed E-state index contributed by atoms with van der Waals surface area (Å²) in [4.78, 5) is 0. The maximum Gasteiger partial charge on any atom is 0.122 e. The number of ether oxygens (including phenoxy) is 1. The molecule has 2 heteroatoms. The normalized spacial score (nSPS) is 10.4. The molecule has 0 aliphatic rings. The lowest BCUT2D eigenvalue weighted by atomic mass is 10.1. The minimum absolute atomic E-state index is 0.735. The quantitative estimate of drug-likeness (QED) is 0.649. The lowest BCUT2D eigenvalue weighted by Gasteiger charge is -2.09. The number of benzene rings is 2. The van der Waals surface area contributed by atoms with Crippen LogP contribution in [0, 0.1) is 13.8 Å². The Balaban J connectivity index is 1.81. The van der Waals surface area contributed by atoms with Gasteiger partial charge in [-0.15, -0.1) is 0 Å². The second kappa shape index (κ2) is 6.28. The summed E-state index contributed by atoms with van der Waals surface area (Å²) in [5.41, 5.74) is 10.3. The van der Waals surface area contributed by atoms with Gasteiger partial charge in [-0.3, -0.25) is 0 Å². The highest BCUT2D eigenvalue weighted by atomic mass is 16.5. The molecule has 0 aliphatic heterocycles. The van der Waals surface area contributed by atoms with Gasteiger partial charge >= 0.3 is 0 Å². The molecule has 0 fully saturated rings. The lowest BCUT2D eigenvalue weighted by molar-refractivity contribution is 0.309. The van der Waals surface area contributed by atoms with Gasteiger partial charge in [0, 0.05) is 5.69 Å². The Kier molecular flexibility index (Phi) is 4.45. The summed E-state index contributed by atoms with van der Waals surface area (Å²) < 4.78 is 5.81. The molecule has 0 heterocycles. The molecule has 2 N–H and O–H groups in total. The van der Waals surface area contributed by atoms with E-state index in [0.29, 0.717) is 0 Å². The van der Waals surface area contributed by atoms with Crippen LogP contribution >= 0.6 is 0 Å². The van der Waals surface area contributed by atoms with Crippen LogP contribution < -0.4 is 10.5 Å². The molecule has 2 aromatic carbocycles. The van der Waals surface area contributed by atoms with E-state index in [0.717, 1.165) is 30.9 Å². The second-order valence-corrected chi connectivity index (χ2v) is 4.97. The average Bonchev–Trinajstić information content (AvgIpc) is 2.37. The van der Waals surface area contributed by atoms with E-state index in [1.165, 1.54) is 16.7 Å². The number of nitrogens with two attached hydrogens (primary N) is 1. The Hall–Kier alpha value is -1.96.